The fourth-order valence-corrected chi connectivity index (χ4v) is 2.77. The Hall–Kier alpha value is -0.370. The Kier molecular flexibility index (Phi) is 1.95. The van der Waals surface area contributed by atoms with Crippen LogP contribution in [0.5, 0.6) is 0 Å². The van der Waals surface area contributed by atoms with E-state index in [0.29, 0.717) is 11.7 Å². The van der Waals surface area contributed by atoms with Crippen molar-refractivity contribution in [1.29, 1.82) is 0 Å². The summed E-state index contributed by atoms with van der Waals surface area (Å²) in [6.45, 7) is 4.28. The van der Waals surface area contributed by atoms with E-state index in [-0.39, 0.29) is 5.41 Å². The second-order valence-corrected chi connectivity index (χ2v) is 4.47. The van der Waals surface area contributed by atoms with Crippen molar-refractivity contribution < 1.29 is 4.79 Å². The Labute approximate surface area is 73.7 Å². The van der Waals surface area contributed by atoms with Gasteiger partial charge in [-0.2, -0.15) is 0 Å². The maximum Gasteiger partial charge on any atom is 0.139 e. The van der Waals surface area contributed by atoms with Gasteiger partial charge in [-0.15, -0.1) is 0 Å². The molecule has 1 spiro atoms. The molecule has 68 valence electrons. The Morgan fingerprint density at radius 1 is 1.42 bits per heavy atom. The third-order valence-electron chi connectivity index (χ3n) is 3.43. The molecule has 2 aliphatic rings. The molecule has 0 aromatic carbocycles. The van der Waals surface area contributed by atoms with Crippen LogP contribution >= 0.6 is 0 Å². The molecule has 0 aromatic heterocycles. The van der Waals surface area contributed by atoms with Crippen molar-refractivity contribution in [3.8, 4) is 0 Å². The molecule has 2 fully saturated rings. The van der Waals surface area contributed by atoms with Gasteiger partial charge in [0.2, 0.25) is 0 Å². The molecule has 12 heavy (non-hydrogen) atoms. The van der Waals surface area contributed by atoms with E-state index in [0.717, 1.165) is 38.8 Å². The number of piperidine rings is 1. The van der Waals surface area contributed by atoms with E-state index in [2.05, 4.69) is 12.2 Å². The zero-order chi connectivity index (χ0) is 8.60. The molecule has 1 N–H and O–H groups in total. The number of hydrogen-bond acceptors (Lipinski definition) is 2. The number of rotatable bonds is 0. The van der Waals surface area contributed by atoms with Crippen LogP contribution in [0.15, 0.2) is 0 Å². The summed E-state index contributed by atoms with van der Waals surface area (Å²) in [5.74, 6) is 1.17. The number of ketones is 1. The minimum atomic E-state index is 0.102. The van der Waals surface area contributed by atoms with Gasteiger partial charge in [-0.25, -0.2) is 0 Å². The Bertz CT molecular complexity index is 194. The van der Waals surface area contributed by atoms with Crippen molar-refractivity contribution >= 4 is 5.78 Å². The third kappa shape index (κ3) is 1.18. The highest BCUT2D eigenvalue weighted by Crippen LogP contribution is 2.44. The number of carbonyl (C=O) groups excluding carboxylic acids is 1. The third-order valence-corrected chi connectivity index (χ3v) is 3.43. The predicted octanol–water partition coefficient (Wildman–Crippen LogP) is 1.36. The van der Waals surface area contributed by atoms with Crippen LogP contribution < -0.4 is 5.32 Å². The minimum Gasteiger partial charge on any atom is -0.317 e. The van der Waals surface area contributed by atoms with Gasteiger partial charge in [0.15, 0.2) is 0 Å². The maximum atomic E-state index is 11.7. The molecule has 0 radical (unpaired) electrons. The Morgan fingerprint density at radius 3 is 2.58 bits per heavy atom. The van der Waals surface area contributed by atoms with Crippen LogP contribution in [0.3, 0.4) is 0 Å². The molecule has 0 amide bonds. The summed E-state index contributed by atoms with van der Waals surface area (Å²) >= 11 is 0. The van der Waals surface area contributed by atoms with Gasteiger partial charge >= 0.3 is 0 Å². The van der Waals surface area contributed by atoms with Gasteiger partial charge in [0.05, 0.1) is 0 Å². The molecule has 2 heteroatoms. The second kappa shape index (κ2) is 2.84. The van der Waals surface area contributed by atoms with Crippen molar-refractivity contribution in [1.82, 2.24) is 5.32 Å². The zero-order valence-corrected chi connectivity index (χ0v) is 7.73. The van der Waals surface area contributed by atoms with E-state index in [1.54, 1.807) is 0 Å². The minimum absolute atomic E-state index is 0.102. The summed E-state index contributed by atoms with van der Waals surface area (Å²) in [6, 6.07) is 0. The normalized spacial score (nSPS) is 34.4. The summed E-state index contributed by atoms with van der Waals surface area (Å²) in [6.07, 6.45) is 4.14. The van der Waals surface area contributed by atoms with Crippen LogP contribution in [-0.4, -0.2) is 18.9 Å². The lowest BCUT2D eigenvalue weighted by molar-refractivity contribution is -0.127. The average molecular weight is 167 g/mol. The monoisotopic (exact) mass is 167 g/mol. The van der Waals surface area contributed by atoms with Gasteiger partial charge in [-0.1, -0.05) is 6.92 Å². The van der Waals surface area contributed by atoms with E-state index >= 15 is 0 Å². The first-order valence-corrected chi connectivity index (χ1v) is 4.97. The summed E-state index contributed by atoms with van der Waals surface area (Å²) in [4.78, 5) is 11.7. The molecule has 1 unspecified atom stereocenters. The highest BCUT2D eigenvalue weighted by atomic mass is 16.1. The van der Waals surface area contributed by atoms with Gasteiger partial charge in [0, 0.05) is 11.8 Å². The quantitative estimate of drug-likeness (QED) is 0.590. The Balaban J connectivity index is 2.13. The van der Waals surface area contributed by atoms with E-state index in [1.807, 2.05) is 0 Å². The molecule has 2 rings (SSSR count). The standard InChI is InChI=1S/C10H17NO/c1-8-6-9(12)10(7-8)2-4-11-5-3-10/h8,11H,2-7H2,1H3. The molecule has 0 aromatic rings. The predicted molar refractivity (Wildman–Crippen MR) is 47.9 cm³/mol. The van der Waals surface area contributed by atoms with Gasteiger partial charge in [-0.05, 0) is 38.3 Å². The van der Waals surface area contributed by atoms with Crippen LogP contribution in [0, 0.1) is 11.3 Å². The molecule has 2 nitrogen and oxygen atoms in total. The fraction of sp³-hybridized carbons (Fsp3) is 0.900. The SMILES string of the molecule is CC1CC(=O)C2(CCNCC2)C1. The first-order chi connectivity index (χ1) is 5.73. The topological polar surface area (TPSA) is 29.1 Å². The number of hydrogen-bond donors (Lipinski definition) is 1. The van der Waals surface area contributed by atoms with Crippen LogP contribution in [0.2, 0.25) is 0 Å². The van der Waals surface area contributed by atoms with Crippen molar-refractivity contribution in [2.45, 2.75) is 32.6 Å². The first kappa shape index (κ1) is 8.24. The van der Waals surface area contributed by atoms with Crippen molar-refractivity contribution in [3.05, 3.63) is 0 Å². The van der Waals surface area contributed by atoms with Gasteiger partial charge in [0.25, 0.3) is 0 Å². The molecule has 1 saturated carbocycles. The lowest BCUT2D eigenvalue weighted by Crippen LogP contribution is -2.39. The second-order valence-electron chi connectivity index (χ2n) is 4.47. The van der Waals surface area contributed by atoms with Gasteiger partial charge in [-0.3, -0.25) is 4.79 Å². The van der Waals surface area contributed by atoms with Crippen LogP contribution in [0.25, 0.3) is 0 Å². The highest BCUT2D eigenvalue weighted by Gasteiger charge is 2.45. The first-order valence-electron chi connectivity index (χ1n) is 4.97. The lowest BCUT2D eigenvalue weighted by Gasteiger charge is -2.32. The smallest absolute Gasteiger partial charge is 0.139 e. The summed E-state index contributed by atoms with van der Waals surface area (Å²) in [5.41, 5.74) is 0.102. The summed E-state index contributed by atoms with van der Waals surface area (Å²) < 4.78 is 0. The number of Topliss-reactive ketones (excluding diaryl/α,β-unsaturated/α-hetero) is 1. The molecule has 1 heterocycles. The highest BCUT2D eigenvalue weighted by molar-refractivity contribution is 5.87. The van der Waals surface area contributed by atoms with Crippen LogP contribution in [-0.2, 0) is 4.79 Å². The van der Waals surface area contributed by atoms with E-state index in [1.165, 1.54) is 0 Å². The lowest BCUT2D eigenvalue weighted by atomic mass is 9.76. The van der Waals surface area contributed by atoms with Crippen LogP contribution in [0.1, 0.15) is 32.6 Å². The number of carbonyl (C=O) groups is 1. The van der Waals surface area contributed by atoms with Crippen LogP contribution in [0.4, 0.5) is 0 Å². The van der Waals surface area contributed by atoms with E-state index in [4.69, 9.17) is 0 Å². The van der Waals surface area contributed by atoms with Gasteiger partial charge in [0.1, 0.15) is 5.78 Å². The average Bonchev–Trinajstić information content (AvgIpc) is 2.29. The number of nitrogens with one attached hydrogen (secondary N) is 1. The van der Waals surface area contributed by atoms with E-state index < -0.39 is 0 Å². The Morgan fingerprint density at radius 2 is 2.08 bits per heavy atom. The molecule has 1 saturated heterocycles. The summed E-state index contributed by atoms with van der Waals surface area (Å²) in [5, 5.41) is 3.32. The maximum absolute atomic E-state index is 11.7. The molecule has 0 bridgehead atoms. The molecule has 1 aliphatic heterocycles. The largest absolute Gasteiger partial charge is 0.317 e. The fourth-order valence-electron chi connectivity index (χ4n) is 2.77. The molecule has 1 aliphatic carbocycles. The van der Waals surface area contributed by atoms with Crippen molar-refractivity contribution in [3.63, 3.8) is 0 Å². The summed E-state index contributed by atoms with van der Waals surface area (Å²) in [7, 11) is 0. The molecular weight excluding hydrogens is 150 g/mol. The van der Waals surface area contributed by atoms with Gasteiger partial charge < -0.3 is 5.32 Å². The zero-order valence-electron chi connectivity index (χ0n) is 7.73. The van der Waals surface area contributed by atoms with Crippen molar-refractivity contribution in [2.75, 3.05) is 13.1 Å². The van der Waals surface area contributed by atoms with E-state index in [9.17, 15) is 4.79 Å². The molecule has 1 atom stereocenters. The molecular formula is C10H17NO. The van der Waals surface area contributed by atoms with Crippen molar-refractivity contribution in [2.24, 2.45) is 11.3 Å².